The fourth-order valence-electron chi connectivity index (χ4n) is 6.33. The highest BCUT2D eigenvalue weighted by Gasteiger charge is 2.42. The van der Waals surface area contributed by atoms with Gasteiger partial charge >= 0.3 is 0 Å². The lowest BCUT2D eigenvalue weighted by Crippen LogP contribution is -2.49. The van der Waals surface area contributed by atoms with Crippen molar-refractivity contribution in [1.82, 2.24) is 15.1 Å². The smallest absolute Gasteiger partial charge is 0.259 e. The van der Waals surface area contributed by atoms with Crippen LogP contribution < -0.4 is 10.2 Å². The van der Waals surface area contributed by atoms with E-state index in [-0.39, 0.29) is 35.4 Å². The topological polar surface area (TPSA) is 97.7 Å². The summed E-state index contributed by atoms with van der Waals surface area (Å²) in [6, 6.07) is 17.5. The van der Waals surface area contributed by atoms with Gasteiger partial charge < -0.3 is 15.1 Å². The lowest BCUT2D eigenvalue weighted by molar-refractivity contribution is -0.132. The van der Waals surface area contributed by atoms with Crippen LogP contribution in [0.3, 0.4) is 0 Å². The molecule has 226 valence electrons. The van der Waals surface area contributed by atoms with Crippen LogP contribution in [0.1, 0.15) is 63.9 Å². The van der Waals surface area contributed by atoms with Gasteiger partial charge in [-0.1, -0.05) is 68.3 Å². The number of amides is 3. The van der Waals surface area contributed by atoms with E-state index in [2.05, 4.69) is 22.3 Å². The third-order valence-electron chi connectivity index (χ3n) is 8.80. The van der Waals surface area contributed by atoms with E-state index < -0.39 is 6.04 Å². The normalized spacial score (nSPS) is 21.1. The van der Waals surface area contributed by atoms with E-state index in [1.54, 1.807) is 4.90 Å². The summed E-state index contributed by atoms with van der Waals surface area (Å²) in [6.45, 7) is 4.89. The van der Waals surface area contributed by atoms with Crippen LogP contribution in [0.2, 0.25) is 0 Å². The summed E-state index contributed by atoms with van der Waals surface area (Å²) in [5, 5.41) is 3.36. The van der Waals surface area contributed by atoms with Gasteiger partial charge in [0.2, 0.25) is 11.8 Å². The molecule has 0 bridgehead atoms. The maximum Gasteiger partial charge on any atom is 0.259 e. The van der Waals surface area contributed by atoms with Gasteiger partial charge in [-0.05, 0) is 49.9 Å². The number of carbonyl (C=O) groups is 3. The van der Waals surface area contributed by atoms with Crippen molar-refractivity contribution in [1.29, 1.82) is 0 Å². The Morgan fingerprint density at radius 3 is 2.44 bits per heavy atom. The molecular formula is C33H40N6O3S. The van der Waals surface area contributed by atoms with E-state index in [1.807, 2.05) is 54.3 Å². The second-order valence-corrected chi connectivity index (χ2v) is 12.8. The number of para-hydroxylation sites is 2. The number of hydrogen-bond acceptors (Lipinski definition) is 7. The number of piperazine rings is 1. The summed E-state index contributed by atoms with van der Waals surface area (Å²) >= 11 is 1.34. The third-order valence-corrected chi connectivity index (χ3v) is 10.1. The summed E-state index contributed by atoms with van der Waals surface area (Å²) in [4.78, 5) is 55.7. The zero-order valence-corrected chi connectivity index (χ0v) is 25.6. The predicted octanol–water partition coefficient (Wildman–Crippen LogP) is 4.73. The number of aliphatic imine (C=N–C) groups is 2. The minimum atomic E-state index is -0.655. The van der Waals surface area contributed by atoms with Crippen LogP contribution in [-0.4, -0.2) is 82.0 Å². The van der Waals surface area contributed by atoms with E-state index in [4.69, 9.17) is 9.98 Å². The van der Waals surface area contributed by atoms with Gasteiger partial charge in [0.25, 0.3) is 5.91 Å². The first-order valence-corrected chi connectivity index (χ1v) is 16.5. The number of nitrogens with one attached hydrogen (secondary N) is 1. The SMILES string of the molecule is CC[C@@H](SC1=Nc2ccccc2C2=N[C@@H](CCC(=O)N3CCN(c4ccccc4)CC3)C(=O)N12)C(=O)NC1CCCCC1. The van der Waals surface area contributed by atoms with Crippen LogP contribution in [0.4, 0.5) is 11.4 Å². The van der Waals surface area contributed by atoms with Crippen molar-refractivity contribution < 1.29 is 14.4 Å². The Morgan fingerprint density at radius 1 is 0.977 bits per heavy atom. The Bertz CT molecular complexity index is 1400. The first kappa shape index (κ1) is 29.4. The van der Waals surface area contributed by atoms with E-state index in [0.717, 1.165) is 50.0 Å². The molecular weight excluding hydrogens is 560 g/mol. The molecule has 4 aliphatic rings. The first-order chi connectivity index (χ1) is 21.0. The van der Waals surface area contributed by atoms with Crippen LogP contribution >= 0.6 is 11.8 Å². The largest absolute Gasteiger partial charge is 0.368 e. The van der Waals surface area contributed by atoms with Crippen molar-refractivity contribution in [2.45, 2.75) is 75.6 Å². The molecule has 0 aromatic heterocycles. The summed E-state index contributed by atoms with van der Waals surface area (Å²) in [5.41, 5.74) is 2.71. The van der Waals surface area contributed by atoms with Crippen molar-refractivity contribution in [3.05, 3.63) is 60.2 Å². The van der Waals surface area contributed by atoms with Crippen LogP contribution in [0, 0.1) is 0 Å². The molecule has 0 spiro atoms. The second-order valence-electron chi connectivity index (χ2n) is 11.7. The van der Waals surface area contributed by atoms with Gasteiger partial charge in [0.05, 0.1) is 10.9 Å². The molecule has 9 nitrogen and oxygen atoms in total. The Hall–Kier alpha value is -3.66. The highest BCUT2D eigenvalue weighted by molar-refractivity contribution is 8.15. The van der Waals surface area contributed by atoms with Gasteiger partial charge in [0.1, 0.15) is 11.9 Å². The number of rotatable bonds is 8. The standard InChI is InChI=1S/C33H40N6O3S/c1-2-28(31(41)34-23-11-5-3-6-12-23)43-33-36-26-16-10-9-15-25(26)30-35-27(32(42)39(30)33)17-18-29(40)38-21-19-37(20-22-38)24-13-7-4-8-14-24/h4,7-10,13-16,23,27-28H,2-3,5-6,11-12,17-22H2,1H3,(H,34,41)/t27-,28+/m0/s1. The fraction of sp³-hybridized carbons (Fsp3) is 0.485. The molecule has 3 aliphatic heterocycles. The lowest BCUT2D eigenvalue weighted by Gasteiger charge is -2.36. The fourth-order valence-corrected chi connectivity index (χ4v) is 7.36. The summed E-state index contributed by atoms with van der Waals surface area (Å²) < 4.78 is 0. The molecule has 2 aromatic rings. The van der Waals surface area contributed by atoms with Gasteiger partial charge in [-0.15, -0.1) is 0 Å². The quantitative estimate of drug-likeness (QED) is 0.472. The number of thioether (sulfide) groups is 1. The molecule has 3 heterocycles. The number of benzene rings is 2. The zero-order valence-electron chi connectivity index (χ0n) is 24.8. The maximum absolute atomic E-state index is 13.8. The summed E-state index contributed by atoms with van der Waals surface area (Å²) in [7, 11) is 0. The second kappa shape index (κ2) is 13.3. The van der Waals surface area contributed by atoms with Gasteiger partial charge in [0, 0.05) is 49.9 Å². The average molecular weight is 601 g/mol. The molecule has 0 radical (unpaired) electrons. The summed E-state index contributed by atoms with van der Waals surface area (Å²) in [6.07, 6.45) is 6.78. The van der Waals surface area contributed by atoms with Crippen molar-refractivity contribution >= 4 is 51.9 Å². The van der Waals surface area contributed by atoms with Crippen molar-refractivity contribution in [3.8, 4) is 0 Å². The van der Waals surface area contributed by atoms with E-state index >= 15 is 0 Å². The first-order valence-electron chi connectivity index (χ1n) is 15.7. The third kappa shape index (κ3) is 6.49. The highest BCUT2D eigenvalue weighted by atomic mass is 32.2. The van der Waals surface area contributed by atoms with Gasteiger partial charge in [-0.25, -0.2) is 9.89 Å². The molecule has 1 N–H and O–H groups in total. The number of fused-ring (bicyclic) bond motifs is 3. The van der Waals surface area contributed by atoms with Crippen LogP contribution in [0.25, 0.3) is 0 Å². The lowest BCUT2D eigenvalue weighted by atomic mass is 9.95. The molecule has 2 atom stereocenters. The molecule has 2 aromatic carbocycles. The Kier molecular flexibility index (Phi) is 9.11. The number of hydrogen-bond donors (Lipinski definition) is 1. The maximum atomic E-state index is 13.8. The minimum Gasteiger partial charge on any atom is -0.368 e. The zero-order chi connectivity index (χ0) is 29.8. The Balaban J connectivity index is 1.11. The molecule has 1 saturated heterocycles. The van der Waals surface area contributed by atoms with Gasteiger partial charge in [0.15, 0.2) is 5.17 Å². The van der Waals surface area contributed by atoms with E-state index in [9.17, 15) is 14.4 Å². The van der Waals surface area contributed by atoms with E-state index in [1.165, 1.54) is 23.9 Å². The van der Waals surface area contributed by atoms with Crippen molar-refractivity contribution in [2.24, 2.45) is 9.98 Å². The predicted molar refractivity (Wildman–Crippen MR) is 172 cm³/mol. The molecule has 43 heavy (non-hydrogen) atoms. The molecule has 3 amide bonds. The van der Waals surface area contributed by atoms with Crippen molar-refractivity contribution in [2.75, 3.05) is 31.1 Å². The number of nitrogens with zero attached hydrogens (tertiary/aromatic N) is 5. The Labute approximate surface area is 257 Å². The van der Waals surface area contributed by atoms with Crippen LogP contribution in [0.5, 0.6) is 0 Å². The molecule has 10 heteroatoms. The Morgan fingerprint density at radius 2 is 1.70 bits per heavy atom. The summed E-state index contributed by atoms with van der Waals surface area (Å²) in [5.74, 6) is 0.440. The monoisotopic (exact) mass is 600 g/mol. The minimum absolute atomic E-state index is 0.000557. The highest BCUT2D eigenvalue weighted by Crippen LogP contribution is 2.36. The average Bonchev–Trinajstić information content (AvgIpc) is 3.39. The number of amidine groups is 2. The van der Waals surface area contributed by atoms with Gasteiger partial charge in [-0.3, -0.25) is 19.4 Å². The van der Waals surface area contributed by atoms with Crippen LogP contribution in [-0.2, 0) is 14.4 Å². The van der Waals surface area contributed by atoms with Crippen molar-refractivity contribution in [3.63, 3.8) is 0 Å². The number of carbonyl (C=O) groups excluding carboxylic acids is 3. The number of anilines is 1. The molecule has 6 rings (SSSR count). The molecule has 2 fully saturated rings. The molecule has 1 aliphatic carbocycles. The van der Waals surface area contributed by atoms with E-state index in [0.29, 0.717) is 36.9 Å². The van der Waals surface area contributed by atoms with Crippen LogP contribution in [0.15, 0.2) is 64.6 Å². The van der Waals surface area contributed by atoms with Gasteiger partial charge in [-0.2, -0.15) is 0 Å². The molecule has 1 saturated carbocycles. The molecule has 0 unspecified atom stereocenters.